The molecule has 27 heavy (non-hydrogen) atoms. The van der Waals surface area contributed by atoms with E-state index in [1.165, 1.54) is 64.2 Å². The molecule has 0 saturated carbocycles. The van der Waals surface area contributed by atoms with Crippen molar-refractivity contribution < 1.29 is 22.5 Å². The maximum atomic E-state index is 11.5. The number of carbonyl (C=O) groups is 1. The second-order valence-electron chi connectivity index (χ2n) is 7.57. The number of hydrogen-bond donors (Lipinski definition) is 1. The Morgan fingerprint density at radius 1 is 0.741 bits per heavy atom. The summed E-state index contributed by atoms with van der Waals surface area (Å²) < 4.78 is 36.7. The summed E-state index contributed by atoms with van der Waals surface area (Å²) >= 11 is 0. The normalized spacial score (nSPS) is 12.9. The number of carbonyl (C=O) groups excluding carboxylic acids is 1. The van der Waals surface area contributed by atoms with Gasteiger partial charge in [0.05, 0.1) is 0 Å². The van der Waals surface area contributed by atoms with Crippen LogP contribution in [0.4, 0.5) is 0 Å². The molecule has 0 aromatic rings. The van der Waals surface area contributed by atoms with Gasteiger partial charge in [0.2, 0.25) is 5.44 Å². The first-order valence-electron chi connectivity index (χ1n) is 11.1. The van der Waals surface area contributed by atoms with Gasteiger partial charge in [0.1, 0.15) is 0 Å². The second kappa shape index (κ2) is 17.5. The molecule has 0 radical (unpaired) electrons. The third-order valence-corrected chi connectivity index (χ3v) is 5.84. The van der Waals surface area contributed by atoms with Crippen LogP contribution in [0.3, 0.4) is 0 Å². The highest BCUT2D eigenvalue weighted by molar-refractivity contribution is 7.86. The van der Waals surface area contributed by atoms with Gasteiger partial charge in [-0.3, -0.25) is 9.35 Å². The highest BCUT2D eigenvalue weighted by Crippen LogP contribution is 2.16. The molecular weight excluding hydrogens is 364 g/mol. The van der Waals surface area contributed by atoms with Gasteiger partial charge in [0, 0.05) is 12.8 Å². The summed E-state index contributed by atoms with van der Waals surface area (Å²) in [4.78, 5) is 11.5. The second-order valence-corrected chi connectivity index (χ2v) is 9.12. The van der Waals surface area contributed by atoms with E-state index in [0.717, 1.165) is 19.3 Å². The molecule has 0 fully saturated rings. The van der Waals surface area contributed by atoms with Crippen molar-refractivity contribution in [1.29, 1.82) is 0 Å². The van der Waals surface area contributed by atoms with E-state index in [1.54, 1.807) is 0 Å². The molecule has 0 aliphatic rings. The zero-order valence-electron chi connectivity index (χ0n) is 17.6. The molecule has 0 bridgehead atoms. The first kappa shape index (κ1) is 26.4. The Morgan fingerprint density at radius 2 is 1.15 bits per heavy atom. The van der Waals surface area contributed by atoms with Crippen molar-refractivity contribution in [2.45, 2.75) is 128 Å². The minimum atomic E-state index is -4.34. The SMILES string of the molecule is CCCCCCCCCCCCCCCCC(OC(=O)CCC)S(=O)(=O)O. The first-order valence-corrected chi connectivity index (χ1v) is 12.6. The minimum absolute atomic E-state index is 0.171. The summed E-state index contributed by atoms with van der Waals surface area (Å²) in [5.74, 6) is -0.564. The monoisotopic (exact) mass is 406 g/mol. The van der Waals surface area contributed by atoms with E-state index >= 15 is 0 Å². The molecule has 5 nitrogen and oxygen atoms in total. The van der Waals surface area contributed by atoms with E-state index in [9.17, 15) is 17.8 Å². The average molecular weight is 407 g/mol. The molecule has 1 atom stereocenters. The molecule has 6 heteroatoms. The molecule has 0 heterocycles. The lowest BCUT2D eigenvalue weighted by atomic mass is 10.0. The lowest BCUT2D eigenvalue weighted by Crippen LogP contribution is -2.27. The summed E-state index contributed by atoms with van der Waals surface area (Å²) in [5, 5.41) is 0. The average Bonchev–Trinajstić information content (AvgIpc) is 2.60. The van der Waals surface area contributed by atoms with Crippen molar-refractivity contribution in [3.63, 3.8) is 0 Å². The first-order chi connectivity index (χ1) is 12.9. The maximum absolute atomic E-state index is 11.5. The Hall–Kier alpha value is -0.620. The molecular formula is C21H42O5S. The van der Waals surface area contributed by atoms with Gasteiger partial charge in [-0.2, -0.15) is 8.42 Å². The molecule has 0 rings (SSSR count). The standard InChI is InChI=1S/C21H42O5S/c1-3-5-6-7-8-9-10-11-12-13-14-15-16-17-19-21(27(23,24)25)26-20(22)18-4-2/h21H,3-19H2,1-2H3,(H,23,24,25). The third-order valence-electron chi connectivity index (χ3n) is 4.84. The molecule has 0 aromatic heterocycles. The van der Waals surface area contributed by atoms with Gasteiger partial charge in [-0.05, 0) is 12.8 Å². The van der Waals surface area contributed by atoms with Crippen LogP contribution in [0.5, 0.6) is 0 Å². The van der Waals surface area contributed by atoms with Gasteiger partial charge < -0.3 is 4.74 Å². The van der Waals surface area contributed by atoms with E-state index in [0.29, 0.717) is 12.8 Å². The summed E-state index contributed by atoms with van der Waals surface area (Å²) in [7, 11) is -4.34. The van der Waals surface area contributed by atoms with E-state index in [-0.39, 0.29) is 12.8 Å². The predicted octanol–water partition coefficient (Wildman–Crippen LogP) is 6.42. The van der Waals surface area contributed by atoms with Crippen molar-refractivity contribution in [2.75, 3.05) is 0 Å². The highest BCUT2D eigenvalue weighted by Gasteiger charge is 2.26. The van der Waals surface area contributed by atoms with Gasteiger partial charge in [-0.15, -0.1) is 0 Å². The number of esters is 1. The quantitative estimate of drug-likeness (QED) is 0.152. The van der Waals surface area contributed by atoms with Gasteiger partial charge >= 0.3 is 16.1 Å². The van der Waals surface area contributed by atoms with E-state index in [1.807, 2.05) is 6.92 Å². The maximum Gasteiger partial charge on any atom is 0.307 e. The van der Waals surface area contributed by atoms with Crippen molar-refractivity contribution in [3.8, 4) is 0 Å². The Labute approximate surface area is 167 Å². The minimum Gasteiger partial charge on any atom is -0.443 e. The van der Waals surface area contributed by atoms with Crippen LogP contribution in [0.25, 0.3) is 0 Å². The lowest BCUT2D eigenvalue weighted by Gasteiger charge is -2.14. The number of ether oxygens (including phenoxy) is 1. The summed E-state index contributed by atoms with van der Waals surface area (Å²) in [5.41, 5.74) is -1.41. The van der Waals surface area contributed by atoms with Crippen molar-refractivity contribution in [1.82, 2.24) is 0 Å². The Bertz CT molecular complexity index is 447. The van der Waals surface area contributed by atoms with Gasteiger partial charge in [0.15, 0.2) is 0 Å². The highest BCUT2D eigenvalue weighted by atomic mass is 32.2. The van der Waals surface area contributed by atoms with Crippen LogP contribution in [0, 0.1) is 0 Å². The molecule has 0 amide bonds. The molecule has 1 unspecified atom stereocenters. The molecule has 0 aliphatic carbocycles. The van der Waals surface area contributed by atoms with E-state index < -0.39 is 21.5 Å². The van der Waals surface area contributed by atoms with Crippen LogP contribution >= 0.6 is 0 Å². The largest absolute Gasteiger partial charge is 0.443 e. The predicted molar refractivity (Wildman–Crippen MR) is 111 cm³/mol. The van der Waals surface area contributed by atoms with Crippen molar-refractivity contribution >= 4 is 16.1 Å². The number of unbranched alkanes of at least 4 members (excludes halogenated alkanes) is 13. The Kier molecular flexibility index (Phi) is 17.1. The van der Waals surface area contributed by atoms with Crippen LogP contribution in [0.1, 0.15) is 123 Å². The molecule has 1 N–H and O–H groups in total. The lowest BCUT2D eigenvalue weighted by molar-refractivity contribution is -0.146. The van der Waals surface area contributed by atoms with Crippen LogP contribution in [0.2, 0.25) is 0 Å². The molecule has 0 aromatic carbocycles. The van der Waals surface area contributed by atoms with Gasteiger partial charge in [0.25, 0.3) is 0 Å². The van der Waals surface area contributed by atoms with Crippen LogP contribution < -0.4 is 0 Å². The van der Waals surface area contributed by atoms with Crippen molar-refractivity contribution in [3.05, 3.63) is 0 Å². The molecule has 0 aliphatic heterocycles. The summed E-state index contributed by atoms with van der Waals surface area (Å²) in [6, 6.07) is 0. The number of rotatable bonds is 19. The van der Waals surface area contributed by atoms with Crippen molar-refractivity contribution in [2.24, 2.45) is 0 Å². The fraction of sp³-hybridized carbons (Fsp3) is 0.952. The van der Waals surface area contributed by atoms with Crippen LogP contribution in [0.15, 0.2) is 0 Å². The van der Waals surface area contributed by atoms with Gasteiger partial charge in [-0.25, -0.2) is 0 Å². The summed E-state index contributed by atoms with van der Waals surface area (Å²) in [6.07, 6.45) is 18.0. The topological polar surface area (TPSA) is 80.7 Å². The third kappa shape index (κ3) is 17.2. The fourth-order valence-electron chi connectivity index (χ4n) is 3.18. The fourth-order valence-corrected chi connectivity index (χ4v) is 3.88. The van der Waals surface area contributed by atoms with E-state index in [2.05, 4.69) is 6.92 Å². The molecule has 0 spiro atoms. The molecule has 0 saturated heterocycles. The van der Waals surface area contributed by atoms with Gasteiger partial charge in [-0.1, -0.05) is 97.3 Å². The Morgan fingerprint density at radius 3 is 1.52 bits per heavy atom. The van der Waals surface area contributed by atoms with E-state index in [4.69, 9.17) is 4.74 Å². The smallest absolute Gasteiger partial charge is 0.307 e. The molecule has 162 valence electrons. The number of hydrogen-bond acceptors (Lipinski definition) is 4. The zero-order chi connectivity index (χ0) is 20.4. The summed E-state index contributed by atoms with van der Waals surface area (Å²) in [6.45, 7) is 4.06. The Balaban J connectivity index is 3.58. The van der Waals surface area contributed by atoms with Crippen LogP contribution in [-0.2, 0) is 19.6 Å². The zero-order valence-corrected chi connectivity index (χ0v) is 18.4. The van der Waals surface area contributed by atoms with Crippen LogP contribution in [-0.4, -0.2) is 24.4 Å².